The number of nitrogens with one attached hydrogen (secondary N) is 1. The van der Waals surface area contributed by atoms with Gasteiger partial charge in [-0.05, 0) is 42.2 Å². The normalized spacial score (nSPS) is 12.5. The number of carboxylic acid groups (broad SMARTS) is 1. The molecule has 35 heavy (non-hydrogen) atoms. The van der Waals surface area contributed by atoms with Crippen LogP contribution in [0.5, 0.6) is 0 Å². The number of hydrogen-bond donors (Lipinski definition) is 3. The van der Waals surface area contributed by atoms with E-state index in [2.05, 4.69) is 12.2 Å². The Bertz CT molecular complexity index is 975. The van der Waals surface area contributed by atoms with Crippen LogP contribution in [0.1, 0.15) is 51.5 Å². The molecule has 190 valence electrons. The van der Waals surface area contributed by atoms with Gasteiger partial charge in [0, 0.05) is 25.7 Å². The average molecular weight is 484 g/mol. The van der Waals surface area contributed by atoms with Gasteiger partial charge < -0.3 is 20.9 Å². The summed E-state index contributed by atoms with van der Waals surface area (Å²) in [5, 5.41) is 12.3. The highest BCUT2D eigenvalue weighted by atomic mass is 16.6. The number of unbranched alkanes of at least 4 members (excludes halogenated alkanes) is 4. The van der Waals surface area contributed by atoms with Gasteiger partial charge in [0.25, 0.3) is 0 Å². The minimum atomic E-state index is -1.30. The number of nitrogens with two attached hydrogens (primary N) is 1. The van der Waals surface area contributed by atoms with Crippen LogP contribution in [0, 0.1) is 0 Å². The van der Waals surface area contributed by atoms with Crippen LogP contribution in [0.25, 0.3) is 11.1 Å². The van der Waals surface area contributed by atoms with Crippen molar-refractivity contribution < 1.29 is 24.2 Å². The third-order valence-corrected chi connectivity index (χ3v) is 5.71. The summed E-state index contributed by atoms with van der Waals surface area (Å²) in [5.74, 6) is -1.98. The Hall–Kier alpha value is -3.39. The highest BCUT2D eigenvalue weighted by Crippen LogP contribution is 2.25. The lowest BCUT2D eigenvalue weighted by atomic mass is 10.0. The fourth-order valence-corrected chi connectivity index (χ4v) is 3.53. The maximum Gasteiger partial charge on any atom is 0.345 e. The van der Waals surface area contributed by atoms with Gasteiger partial charge in [-0.2, -0.15) is 0 Å². The SMILES string of the molecule is CCCCCCCNC(=O)N(C)c1cccc(-c2ccc(CC(OC(=O)C(C)N)C(=O)O)cc2)c1. The average Bonchev–Trinajstić information content (AvgIpc) is 2.85. The number of benzene rings is 2. The first-order chi connectivity index (χ1) is 16.7. The summed E-state index contributed by atoms with van der Waals surface area (Å²) < 4.78 is 5.00. The Morgan fingerprint density at radius 3 is 2.34 bits per heavy atom. The molecule has 2 amide bonds. The lowest BCUT2D eigenvalue weighted by molar-refractivity contribution is -0.164. The molecule has 0 aliphatic rings. The molecular weight excluding hydrogens is 446 g/mol. The lowest BCUT2D eigenvalue weighted by Crippen LogP contribution is -2.37. The summed E-state index contributed by atoms with van der Waals surface area (Å²) in [5.41, 5.74) is 8.78. The van der Waals surface area contributed by atoms with Gasteiger partial charge in [-0.3, -0.25) is 9.69 Å². The third kappa shape index (κ3) is 9.05. The van der Waals surface area contributed by atoms with Crippen molar-refractivity contribution >= 4 is 23.7 Å². The zero-order valence-corrected chi connectivity index (χ0v) is 20.8. The second-order valence-electron chi connectivity index (χ2n) is 8.71. The van der Waals surface area contributed by atoms with Crippen molar-refractivity contribution in [3.05, 3.63) is 54.1 Å². The van der Waals surface area contributed by atoms with Crippen LogP contribution in [-0.2, 0) is 20.7 Å². The van der Waals surface area contributed by atoms with Gasteiger partial charge in [0.05, 0.1) is 0 Å². The molecule has 0 spiro atoms. The molecular formula is C27H37N3O5. The van der Waals surface area contributed by atoms with E-state index in [1.807, 2.05) is 36.4 Å². The molecule has 2 aromatic carbocycles. The standard InChI is InChI=1S/C27H37N3O5/c1-4-5-6-7-8-16-29-27(34)30(3)23-11-9-10-22(18-23)21-14-12-20(13-15-21)17-24(25(31)32)35-26(33)19(2)28/h9-15,18-19,24H,4-8,16-17,28H2,1-3H3,(H,29,34)(H,31,32). The van der Waals surface area contributed by atoms with E-state index in [1.54, 1.807) is 24.1 Å². The summed E-state index contributed by atoms with van der Waals surface area (Å²) in [6, 6.07) is 14.0. The molecule has 0 aliphatic heterocycles. The first-order valence-electron chi connectivity index (χ1n) is 12.1. The molecule has 0 aromatic heterocycles. The summed E-state index contributed by atoms with van der Waals surface area (Å²) >= 11 is 0. The molecule has 0 fully saturated rings. The van der Waals surface area contributed by atoms with Crippen LogP contribution >= 0.6 is 0 Å². The van der Waals surface area contributed by atoms with Crippen molar-refractivity contribution in [3.8, 4) is 11.1 Å². The first kappa shape index (κ1) is 27.9. The van der Waals surface area contributed by atoms with E-state index in [1.165, 1.54) is 26.2 Å². The fraction of sp³-hybridized carbons (Fsp3) is 0.444. The largest absolute Gasteiger partial charge is 0.478 e. The summed E-state index contributed by atoms with van der Waals surface area (Å²) in [7, 11) is 1.74. The third-order valence-electron chi connectivity index (χ3n) is 5.71. The van der Waals surface area contributed by atoms with Crippen LogP contribution in [0.4, 0.5) is 10.5 Å². The smallest absolute Gasteiger partial charge is 0.345 e. The van der Waals surface area contributed by atoms with Crippen molar-refractivity contribution in [2.75, 3.05) is 18.5 Å². The zero-order chi connectivity index (χ0) is 25.8. The van der Waals surface area contributed by atoms with Crippen LogP contribution in [-0.4, -0.2) is 48.8 Å². The Kier molecular flexibility index (Phi) is 11.2. The Labute approximate surface area is 207 Å². The highest BCUT2D eigenvalue weighted by molar-refractivity contribution is 5.92. The van der Waals surface area contributed by atoms with E-state index in [9.17, 15) is 19.5 Å². The first-order valence-corrected chi connectivity index (χ1v) is 12.1. The number of carboxylic acids is 1. The number of ether oxygens (including phenoxy) is 1. The number of hydrogen-bond acceptors (Lipinski definition) is 5. The van der Waals surface area contributed by atoms with Gasteiger partial charge in [0.15, 0.2) is 0 Å². The number of carbonyl (C=O) groups is 3. The van der Waals surface area contributed by atoms with Crippen LogP contribution in [0.3, 0.4) is 0 Å². The number of esters is 1. The number of carbonyl (C=O) groups excluding carboxylic acids is 2. The number of nitrogens with zero attached hydrogens (tertiary/aromatic N) is 1. The Morgan fingerprint density at radius 1 is 1.03 bits per heavy atom. The lowest BCUT2D eigenvalue weighted by Gasteiger charge is -2.19. The molecule has 2 aromatic rings. The minimum Gasteiger partial charge on any atom is -0.478 e. The topological polar surface area (TPSA) is 122 Å². The van der Waals surface area contributed by atoms with E-state index in [0.29, 0.717) is 12.1 Å². The molecule has 2 atom stereocenters. The van der Waals surface area contributed by atoms with Gasteiger partial charge in [-0.1, -0.05) is 69.0 Å². The predicted octanol–water partition coefficient (Wildman–Crippen LogP) is 4.36. The molecule has 2 unspecified atom stereocenters. The van der Waals surface area contributed by atoms with Gasteiger partial charge in [-0.15, -0.1) is 0 Å². The van der Waals surface area contributed by atoms with Crippen molar-refractivity contribution in [2.45, 2.75) is 64.5 Å². The van der Waals surface area contributed by atoms with Crippen molar-refractivity contribution in [1.29, 1.82) is 0 Å². The number of amides is 2. The highest BCUT2D eigenvalue weighted by Gasteiger charge is 2.24. The van der Waals surface area contributed by atoms with Gasteiger partial charge in [-0.25, -0.2) is 9.59 Å². The van der Waals surface area contributed by atoms with Gasteiger partial charge in [0.1, 0.15) is 6.04 Å². The van der Waals surface area contributed by atoms with Gasteiger partial charge in [0.2, 0.25) is 6.10 Å². The second kappa shape index (κ2) is 14.1. The number of rotatable bonds is 13. The van der Waals surface area contributed by atoms with Crippen LogP contribution < -0.4 is 16.0 Å². The molecule has 0 saturated heterocycles. The predicted molar refractivity (Wildman–Crippen MR) is 137 cm³/mol. The zero-order valence-electron chi connectivity index (χ0n) is 20.8. The molecule has 0 radical (unpaired) electrons. The molecule has 8 heteroatoms. The number of aliphatic carboxylic acids is 1. The monoisotopic (exact) mass is 483 g/mol. The minimum absolute atomic E-state index is 0.0372. The van der Waals surface area contributed by atoms with E-state index >= 15 is 0 Å². The van der Waals surface area contributed by atoms with Crippen molar-refractivity contribution in [2.24, 2.45) is 5.73 Å². The van der Waals surface area contributed by atoms with E-state index in [0.717, 1.165) is 29.7 Å². The maximum atomic E-state index is 12.5. The van der Waals surface area contributed by atoms with E-state index in [-0.39, 0.29) is 12.5 Å². The summed E-state index contributed by atoms with van der Waals surface area (Å²) in [4.78, 5) is 37.3. The molecule has 4 N–H and O–H groups in total. The Morgan fingerprint density at radius 2 is 1.71 bits per heavy atom. The van der Waals surface area contributed by atoms with Crippen LogP contribution in [0.2, 0.25) is 0 Å². The molecule has 2 rings (SSSR count). The summed E-state index contributed by atoms with van der Waals surface area (Å²) in [6.07, 6.45) is 4.43. The molecule has 0 bridgehead atoms. The fourth-order valence-electron chi connectivity index (χ4n) is 3.53. The molecule has 0 saturated carbocycles. The van der Waals surface area contributed by atoms with Crippen LogP contribution in [0.15, 0.2) is 48.5 Å². The van der Waals surface area contributed by atoms with Crippen molar-refractivity contribution in [3.63, 3.8) is 0 Å². The van der Waals surface area contributed by atoms with Crippen molar-refractivity contribution in [1.82, 2.24) is 5.32 Å². The Balaban J connectivity index is 2.00. The van der Waals surface area contributed by atoms with Gasteiger partial charge >= 0.3 is 18.0 Å². The van der Waals surface area contributed by atoms with E-state index < -0.39 is 24.1 Å². The summed E-state index contributed by atoms with van der Waals surface area (Å²) in [6.45, 7) is 4.28. The number of urea groups is 1. The second-order valence-corrected chi connectivity index (χ2v) is 8.71. The molecule has 0 heterocycles. The molecule has 8 nitrogen and oxygen atoms in total. The number of anilines is 1. The maximum absolute atomic E-state index is 12.5. The molecule has 0 aliphatic carbocycles. The van der Waals surface area contributed by atoms with E-state index in [4.69, 9.17) is 10.5 Å². The quantitative estimate of drug-likeness (QED) is 0.287.